The Kier molecular flexibility index (Phi) is 3.23. The molecule has 3 aromatic rings. The van der Waals surface area contributed by atoms with Crippen LogP contribution < -0.4 is 0 Å². The summed E-state index contributed by atoms with van der Waals surface area (Å²) in [5, 5.41) is 7.30. The number of carbonyl (C=O) groups is 1. The number of imidazole rings is 1. The first-order valence-electron chi connectivity index (χ1n) is 9.04. The van der Waals surface area contributed by atoms with Crippen molar-refractivity contribution in [2.45, 2.75) is 38.0 Å². The second-order valence-corrected chi connectivity index (χ2v) is 7.57. The number of halogens is 1. The Morgan fingerprint density at radius 2 is 2.23 bits per heavy atom. The van der Waals surface area contributed by atoms with Crippen molar-refractivity contribution in [3.63, 3.8) is 0 Å². The molecule has 1 fully saturated rings. The summed E-state index contributed by atoms with van der Waals surface area (Å²) in [5.41, 5.74) is 3.61. The number of nitrogens with one attached hydrogen (secondary N) is 1. The van der Waals surface area contributed by atoms with Crippen molar-refractivity contribution >= 4 is 11.6 Å². The first kappa shape index (κ1) is 15.5. The number of aromatic amines is 1. The molecular formula is C19H20FN5O. The Bertz CT molecular complexity index is 1020. The highest BCUT2D eigenvalue weighted by Crippen LogP contribution is 2.44. The average Bonchev–Trinajstić information content (AvgIpc) is 3.32. The first-order valence-corrected chi connectivity index (χ1v) is 9.04. The van der Waals surface area contributed by atoms with Crippen LogP contribution in [0.2, 0.25) is 0 Å². The summed E-state index contributed by atoms with van der Waals surface area (Å²) in [6.45, 7) is 3.11. The van der Waals surface area contributed by atoms with E-state index in [-0.39, 0.29) is 17.0 Å². The van der Waals surface area contributed by atoms with Gasteiger partial charge in [0.05, 0.1) is 6.20 Å². The number of aromatic nitrogens is 4. The van der Waals surface area contributed by atoms with Gasteiger partial charge >= 0.3 is 0 Å². The van der Waals surface area contributed by atoms with Crippen molar-refractivity contribution in [3.8, 4) is 0 Å². The smallest absolute Gasteiger partial charge is 0.277 e. The zero-order valence-corrected chi connectivity index (χ0v) is 14.6. The summed E-state index contributed by atoms with van der Waals surface area (Å²) >= 11 is 0. The summed E-state index contributed by atoms with van der Waals surface area (Å²) in [5.74, 6) is -0.905. The molecule has 1 amide bonds. The number of likely N-dealkylation sites (tertiary alicyclic amines) is 1. The number of pyridine rings is 1. The molecule has 1 saturated heterocycles. The van der Waals surface area contributed by atoms with Gasteiger partial charge in [-0.2, -0.15) is 9.49 Å². The monoisotopic (exact) mass is 353 g/mol. The number of H-pyrrole nitrogens is 1. The molecule has 1 aliphatic heterocycles. The van der Waals surface area contributed by atoms with Crippen molar-refractivity contribution in [2.75, 3.05) is 13.1 Å². The molecule has 1 unspecified atom stereocenters. The fourth-order valence-corrected chi connectivity index (χ4v) is 4.58. The topological polar surface area (TPSA) is 66.3 Å². The highest BCUT2D eigenvalue weighted by atomic mass is 19.1. The van der Waals surface area contributed by atoms with Crippen LogP contribution in [0.15, 0.2) is 24.5 Å². The number of rotatable bonds is 1. The maximum atomic E-state index is 14.8. The lowest BCUT2D eigenvalue weighted by Gasteiger charge is -2.40. The van der Waals surface area contributed by atoms with Gasteiger partial charge in [0.1, 0.15) is 5.65 Å². The third kappa shape index (κ3) is 2.12. The molecule has 0 radical (unpaired) electrons. The lowest BCUT2D eigenvalue weighted by atomic mass is 9.77. The summed E-state index contributed by atoms with van der Waals surface area (Å²) < 4.78 is 16.2. The van der Waals surface area contributed by atoms with Gasteiger partial charge in [0.25, 0.3) is 5.91 Å². The quantitative estimate of drug-likeness (QED) is 0.731. The van der Waals surface area contributed by atoms with Crippen LogP contribution >= 0.6 is 0 Å². The molecule has 4 heterocycles. The van der Waals surface area contributed by atoms with E-state index >= 15 is 0 Å². The lowest BCUT2D eigenvalue weighted by molar-refractivity contribution is 0.0622. The van der Waals surface area contributed by atoms with E-state index in [2.05, 4.69) is 15.2 Å². The largest absolute Gasteiger partial charge is 0.336 e. The van der Waals surface area contributed by atoms with Gasteiger partial charge in [0.2, 0.25) is 5.95 Å². The summed E-state index contributed by atoms with van der Waals surface area (Å²) in [4.78, 5) is 19.1. The minimum atomic E-state index is -0.582. The Balaban J connectivity index is 1.49. The minimum absolute atomic E-state index is 0.0774. The molecule has 1 atom stereocenters. The lowest BCUT2D eigenvalue weighted by Crippen LogP contribution is -2.48. The van der Waals surface area contributed by atoms with E-state index in [1.165, 1.54) is 9.96 Å². The van der Waals surface area contributed by atoms with Gasteiger partial charge in [-0.25, -0.2) is 4.98 Å². The van der Waals surface area contributed by atoms with E-state index in [4.69, 9.17) is 0 Å². The van der Waals surface area contributed by atoms with Crippen LogP contribution in [0.4, 0.5) is 4.39 Å². The van der Waals surface area contributed by atoms with Crippen molar-refractivity contribution in [3.05, 3.63) is 53.0 Å². The second-order valence-electron chi connectivity index (χ2n) is 7.57. The summed E-state index contributed by atoms with van der Waals surface area (Å²) in [6, 6.07) is 3.60. The second kappa shape index (κ2) is 5.40. The summed E-state index contributed by atoms with van der Waals surface area (Å²) in [7, 11) is 0. The normalized spacial score (nSPS) is 22.3. The molecule has 2 aliphatic rings. The Hall–Kier alpha value is -2.70. The molecule has 6 nitrogen and oxygen atoms in total. The average molecular weight is 353 g/mol. The molecule has 1 aliphatic carbocycles. The van der Waals surface area contributed by atoms with Gasteiger partial charge < -0.3 is 4.90 Å². The van der Waals surface area contributed by atoms with E-state index in [1.807, 2.05) is 19.2 Å². The van der Waals surface area contributed by atoms with Gasteiger partial charge in [-0.1, -0.05) is 6.07 Å². The Labute approximate surface area is 150 Å². The molecule has 7 heteroatoms. The highest BCUT2D eigenvalue weighted by molar-refractivity contribution is 5.93. The third-order valence-electron chi connectivity index (χ3n) is 5.90. The molecule has 134 valence electrons. The summed E-state index contributed by atoms with van der Waals surface area (Å²) in [6.07, 6.45) is 7.47. The van der Waals surface area contributed by atoms with Crippen LogP contribution in [0.3, 0.4) is 0 Å². The Morgan fingerprint density at radius 1 is 1.35 bits per heavy atom. The number of carbonyl (C=O) groups excluding carboxylic acids is 1. The van der Waals surface area contributed by atoms with E-state index in [0.29, 0.717) is 18.7 Å². The van der Waals surface area contributed by atoms with Crippen LogP contribution in [-0.2, 0) is 11.8 Å². The SMILES string of the molecule is Cc1ccc2nc(C(=O)N3CCCC4(CCc5cn[nH]c54)C3)c(F)n2c1. The zero-order chi connectivity index (χ0) is 17.9. The third-order valence-corrected chi connectivity index (χ3v) is 5.90. The molecule has 5 rings (SSSR count). The maximum absolute atomic E-state index is 14.8. The predicted octanol–water partition coefficient (Wildman–Crippen LogP) is 2.63. The Morgan fingerprint density at radius 3 is 3.12 bits per heavy atom. The van der Waals surface area contributed by atoms with Gasteiger partial charge in [-0.3, -0.25) is 14.3 Å². The maximum Gasteiger partial charge on any atom is 0.277 e. The molecule has 0 bridgehead atoms. The molecule has 1 spiro atoms. The van der Waals surface area contributed by atoms with E-state index in [1.54, 1.807) is 17.2 Å². The number of aryl methyl sites for hydroxylation is 2. The van der Waals surface area contributed by atoms with Gasteiger partial charge in [0.15, 0.2) is 5.69 Å². The van der Waals surface area contributed by atoms with Crippen LogP contribution in [0, 0.1) is 12.9 Å². The molecule has 0 saturated carbocycles. The standard InChI is InChI=1S/C19H20FN5O/c1-12-3-4-14-22-15(17(20)25(14)10-12)18(26)24-8-2-6-19(11-24)7-5-13-9-21-23-16(13)19/h3-4,9-10H,2,5-8,11H2,1H3,(H,21,23). The van der Waals surface area contributed by atoms with Crippen molar-refractivity contribution in [2.24, 2.45) is 0 Å². The van der Waals surface area contributed by atoms with Crippen LogP contribution in [0.25, 0.3) is 5.65 Å². The van der Waals surface area contributed by atoms with Crippen LogP contribution in [-0.4, -0.2) is 43.5 Å². The molecule has 26 heavy (non-hydrogen) atoms. The first-order chi connectivity index (χ1) is 12.6. The number of hydrogen-bond acceptors (Lipinski definition) is 3. The van der Waals surface area contributed by atoms with Crippen molar-refractivity contribution in [1.82, 2.24) is 24.5 Å². The minimum Gasteiger partial charge on any atom is -0.336 e. The predicted molar refractivity (Wildman–Crippen MR) is 93.6 cm³/mol. The fourth-order valence-electron chi connectivity index (χ4n) is 4.58. The number of fused-ring (bicyclic) bond motifs is 3. The fraction of sp³-hybridized carbons (Fsp3) is 0.421. The van der Waals surface area contributed by atoms with Gasteiger partial charge in [0, 0.05) is 30.4 Å². The van der Waals surface area contributed by atoms with Gasteiger partial charge in [-0.05, 0) is 49.8 Å². The van der Waals surface area contributed by atoms with Gasteiger partial charge in [-0.15, -0.1) is 0 Å². The zero-order valence-electron chi connectivity index (χ0n) is 14.6. The molecule has 1 N–H and O–H groups in total. The number of piperidine rings is 1. The molecular weight excluding hydrogens is 333 g/mol. The van der Waals surface area contributed by atoms with E-state index in [0.717, 1.165) is 36.9 Å². The van der Waals surface area contributed by atoms with E-state index in [9.17, 15) is 9.18 Å². The number of nitrogens with zero attached hydrogens (tertiary/aromatic N) is 4. The van der Waals surface area contributed by atoms with Crippen LogP contribution in [0.1, 0.15) is 46.6 Å². The molecule has 0 aromatic carbocycles. The van der Waals surface area contributed by atoms with Crippen molar-refractivity contribution < 1.29 is 9.18 Å². The van der Waals surface area contributed by atoms with E-state index < -0.39 is 5.95 Å². The number of amides is 1. The van der Waals surface area contributed by atoms with Crippen LogP contribution in [0.5, 0.6) is 0 Å². The number of hydrogen-bond donors (Lipinski definition) is 1. The molecule has 3 aromatic heterocycles. The van der Waals surface area contributed by atoms with Crippen molar-refractivity contribution in [1.29, 1.82) is 0 Å². The highest BCUT2D eigenvalue weighted by Gasteiger charge is 2.45.